The number of fused-ring (bicyclic) bond motifs is 1. The fourth-order valence-electron chi connectivity index (χ4n) is 1.87. The fraction of sp³-hybridized carbons (Fsp3) is 0. The number of sulfonamides is 1. The van der Waals surface area contributed by atoms with Crippen LogP contribution >= 0.6 is 0 Å². The Kier molecular flexibility index (Phi) is 2.90. The molecule has 0 saturated heterocycles. The van der Waals surface area contributed by atoms with Gasteiger partial charge in [-0.05, 0) is 36.4 Å². The van der Waals surface area contributed by atoms with Crippen LogP contribution in [0.1, 0.15) is 0 Å². The van der Waals surface area contributed by atoms with Gasteiger partial charge < -0.3 is 0 Å². The van der Waals surface area contributed by atoms with E-state index in [-0.39, 0.29) is 4.90 Å². The Hall–Kier alpha value is -2.41. The van der Waals surface area contributed by atoms with Crippen LogP contribution in [0.2, 0.25) is 0 Å². The molecule has 0 aliphatic heterocycles. The normalized spacial score (nSPS) is 11.7. The van der Waals surface area contributed by atoms with Gasteiger partial charge in [-0.2, -0.15) is 5.10 Å². The summed E-state index contributed by atoms with van der Waals surface area (Å²) in [7, 11) is -3.76. The summed E-state index contributed by atoms with van der Waals surface area (Å²) in [5.74, 6) is -0.485. The van der Waals surface area contributed by atoms with Gasteiger partial charge in [-0.3, -0.25) is 9.82 Å². The van der Waals surface area contributed by atoms with E-state index in [9.17, 15) is 12.8 Å². The van der Waals surface area contributed by atoms with E-state index in [0.717, 1.165) is 17.6 Å². The Morgan fingerprint density at radius 1 is 1.10 bits per heavy atom. The highest BCUT2D eigenvalue weighted by molar-refractivity contribution is 7.92. The molecule has 5 nitrogen and oxygen atoms in total. The van der Waals surface area contributed by atoms with Gasteiger partial charge in [0.05, 0.1) is 22.3 Å². The average molecular weight is 291 g/mol. The van der Waals surface area contributed by atoms with Crippen LogP contribution in [0.25, 0.3) is 10.9 Å². The number of nitrogens with zero attached hydrogens (tertiary/aromatic N) is 1. The standard InChI is InChI=1S/C13H10FN3O2S/c14-9-4-6-10(7-5-9)20(18,19)17-13-3-1-2-12-11(13)8-15-16-12/h1-8,17H,(H,15,16). The zero-order valence-electron chi connectivity index (χ0n) is 10.2. The summed E-state index contributed by atoms with van der Waals surface area (Å²) in [6, 6.07) is 9.78. The molecule has 0 saturated carbocycles. The van der Waals surface area contributed by atoms with Gasteiger partial charge in [0.15, 0.2) is 0 Å². The van der Waals surface area contributed by atoms with Gasteiger partial charge in [0.1, 0.15) is 5.82 Å². The molecular formula is C13H10FN3O2S. The molecule has 1 aromatic heterocycles. The molecule has 0 amide bonds. The van der Waals surface area contributed by atoms with Gasteiger partial charge in [0.25, 0.3) is 10.0 Å². The fourth-order valence-corrected chi connectivity index (χ4v) is 2.95. The van der Waals surface area contributed by atoms with Gasteiger partial charge in [-0.1, -0.05) is 6.07 Å². The van der Waals surface area contributed by atoms with Crippen molar-refractivity contribution in [1.29, 1.82) is 0 Å². The quantitative estimate of drug-likeness (QED) is 0.778. The highest BCUT2D eigenvalue weighted by Gasteiger charge is 2.15. The minimum atomic E-state index is -3.76. The third-order valence-corrected chi connectivity index (χ3v) is 4.23. The minimum absolute atomic E-state index is 0.000557. The van der Waals surface area contributed by atoms with Crippen molar-refractivity contribution in [2.75, 3.05) is 4.72 Å². The smallest absolute Gasteiger partial charge is 0.261 e. The monoisotopic (exact) mass is 291 g/mol. The van der Waals surface area contributed by atoms with Gasteiger partial charge in [-0.15, -0.1) is 0 Å². The van der Waals surface area contributed by atoms with Crippen molar-refractivity contribution in [3.8, 4) is 0 Å². The van der Waals surface area contributed by atoms with Gasteiger partial charge in [0, 0.05) is 5.39 Å². The van der Waals surface area contributed by atoms with E-state index < -0.39 is 15.8 Å². The maximum absolute atomic E-state index is 12.8. The minimum Gasteiger partial charge on any atom is -0.279 e. The first-order valence-electron chi connectivity index (χ1n) is 5.77. The molecular weight excluding hydrogens is 281 g/mol. The van der Waals surface area contributed by atoms with E-state index in [4.69, 9.17) is 0 Å². The predicted molar refractivity (Wildman–Crippen MR) is 73.3 cm³/mol. The van der Waals surface area contributed by atoms with Crippen molar-refractivity contribution < 1.29 is 12.8 Å². The van der Waals surface area contributed by atoms with Crippen LogP contribution in [0.15, 0.2) is 53.6 Å². The van der Waals surface area contributed by atoms with E-state index in [0.29, 0.717) is 11.1 Å². The molecule has 0 bridgehead atoms. The highest BCUT2D eigenvalue weighted by atomic mass is 32.2. The van der Waals surface area contributed by atoms with Gasteiger partial charge in [0.2, 0.25) is 0 Å². The second-order valence-electron chi connectivity index (χ2n) is 4.20. The number of nitrogens with one attached hydrogen (secondary N) is 2. The summed E-state index contributed by atoms with van der Waals surface area (Å²) in [4.78, 5) is -0.000557. The third-order valence-electron chi connectivity index (χ3n) is 2.85. The first-order valence-corrected chi connectivity index (χ1v) is 7.25. The summed E-state index contributed by atoms with van der Waals surface area (Å²) in [6.07, 6.45) is 1.54. The molecule has 2 aromatic carbocycles. The Bertz CT molecular complexity index is 857. The number of rotatable bonds is 3. The molecule has 102 valence electrons. The van der Waals surface area contributed by atoms with Crippen molar-refractivity contribution in [1.82, 2.24) is 10.2 Å². The number of benzene rings is 2. The average Bonchev–Trinajstić information content (AvgIpc) is 2.88. The molecule has 0 spiro atoms. The number of hydrogen-bond acceptors (Lipinski definition) is 3. The largest absolute Gasteiger partial charge is 0.279 e. The third kappa shape index (κ3) is 2.23. The summed E-state index contributed by atoms with van der Waals surface area (Å²) in [6.45, 7) is 0. The number of halogens is 1. The number of aromatic amines is 1. The highest BCUT2D eigenvalue weighted by Crippen LogP contribution is 2.24. The van der Waals surface area contributed by atoms with Crippen LogP contribution in [0, 0.1) is 5.82 Å². The van der Waals surface area contributed by atoms with Crippen molar-refractivity contribution in [3.05, 3.63) is 54.5 Å². The van der Waals surface area contributed by atoms with E-state index in [2.05, 4.69) is 14.9 Å². The molecule has 0 radical (unpaired) electrons. The van der Waals surface area contributed by atoms with Crippen LogP contribution in [0.5, 0.6) is 0 Å². The Labute approximate surface area is 114 Å². The molecule has 2 N–H and O–H groups in total. The Balaban J connectivity index is 2.01. The molecule has 3 rings (SSSR count). The second kappa shape index (κ2) is 4.61. The van der Waals surface area contributed by atoms with Crippen LogP contribution in [0.3, 0.4) is 0 Å². The van der Waals surface area contributed by atoms with Crippen LogP contribution in [0.4, 0.5) is 10.1 Å². The van der Waals surface area contributed by atoms with Crippen molar-refractivity contribution >= 4 is 26.6 Å². The van der Waals surface area contributed by atoms with Gasteiger partial charge >= 0.3 is 0 Å². The summed E-state index contributed by atoms with van der Waals surface area (Å²) in [5.41, 5.74) is 1.14. The molecule has 0 aliphatic carbocycles. The lowest BCUT2D eigenvalue weighted by molar-refractivity contribution is 0.599. The molecule has 0 atom stereocenters. The SMILES string of the molecule is O=S(=O)(Nc1cccc2[nH]ncc12)c1ccc(F)cc1. The van der Waals surface area contributed by atoms with Crippen LogP contribution < -0.4 is 4.72 Å². The Morgan fingerprint density at radius 2 is 1.85 bits per heavy atom. The molecule has 1 heterocycles. The zero-order valence-corrected chi connectivity index (χ0v) is 11.0. The van der Waals surface area contributed by atoms with Crippen LogP contribution in [-0.4, -0.2) is 18.6 Å². The molecule has 0 fully saturated rings. The van der Waals surface area contributed by atoms with Crippen LogP contribution in [-0.2, 0) is 10.0 Å². The second-order valence-corrected chi connectivity index (χ2v) is 5.88. The maximum atomic E-state index is 12.8. The topological polar surface area (TPSA) is 74.8 Å². The molecule has 7 heteroatoms. The molecule has 0 unspecified atom stereocenters. The van der Waals surface area contributed by atoms with Gasteiger partial charge in [-0.25, -0.2) is 12.8 Å². The zero-order chi connectivity index (χ0) is 14.2. The number of H-pyrrole nitrogens is 1. The number of anilines is 1. The lowest BCUT2D eigenvalue weighted by atomic mass is 10.2. The summed E-state index contributed by atoms with van der Waals surface area (Å²) in [5, 5.41) is 7.29. The lowest BCUT2D eigenvalue weighted by Crippen LogP contribution is -2.13. The Morgan fingerprint density at radius 3 is 2.60 bits per heavy atom. The molecule has 3 aromatic rings. The molecule has 0 aliphatic rings. The van der Waals surface area contributed by atoms with Crippen molar-refractivity contribution in [3.63, 3.8) is 0 Å². The summed E-state index contributed by atoms with van der Waals surface area (Å²) < 4.78 is 39.7. The first-order chi connectivity index (χ1) is 9.56. The number of aromatic nitrogens is 2. The maximum Gasteiger partial charge on any atom is 0.261 e. The van der Waals surface area contributed by atoms with Crippen molar-refractivity contribution in [2.45, 2.75) is 4.90 Å². The predicted octanol–water partition coefficient (Wildman–Crippen LogP) is 2.50. The van der Waals surface area contributed by atoms with E-state index in [1.807, 2.05) is 0 Å². The van der Waals surface area contributed by atoms with E-state index in [1.54, 1.807) is 18.2 Å². The van der Waals surface area contributed by atoms with E-state index in [1.165, 1.54) is 18.3 Å². The summed E-state index contributed by atoms with van der Waals surface area (Å²) >= 11 is 0. The van der Waals surface area contributed by atoms with Crippen molar-refractivity contribution in [2.24, 2.45) is 0 Å². The first kappa shape index (κ1) is 12.6. The van der Waals surface area contributed by atoms with E-state index >= 15 is 0 Å². The number of hydrogen-bond donors (Lipinski definition) is 2. The molecule has 20 heavy (non-hydrogen) atoms. The lowest BCUT2D eigenvalue weighted by Gasteiger charge is -2.08.